The van der Waals surface area contributed by atoms with Gasteiger partial charge in [0.25, 0.3) is 0 Å². The lowest BCUT2D eigenvalue weighted by molar-refractivity contribution is 0.305. The van der Waals surface area contributed by atoms with E-state index in [0.717, 1.165) is 62.8 Å². The van der Waals surface area contributed by atoms with Gasteiger partial charge in [-0.15, -0.1) is 0 Å². The van der Waals surface area contributed by atoms with E-state index in [1.165, 1.54) is 5.56 Å². The molecule has 0 aromatic carbocycles. The second-order valence-corrected chi connectivity index (χ2v) is 5.24. The highest BCUT2D eigenvalue weighted by Crippen LogP contribution is 2.10. The molecule has 0 fully saturated rings. The molecular formula is C16H30N4. The third-order valence-electron chi connectivity index (χ3n) is 3.74. The first-order valence-corrected chi connectivity index (χ1v) is 7.88. The smallest absolute Gasteiger partial charge is 0.130 e. The van der Waals surface area contributed by atoms with Crippen LogP contribution in [0.15, 0.2) is 0 Å². The Morgan fingerprint density at radius 3 is 2.10 bits per heavy atom. The molecule has 0 bridgehead atoms. The number of hydrogen-bond acceptors (Lipinski definition) is 4. The van der Waals surface area contributed by atoms with Gasteiger partial charge in [0.15, 0.2) is 0 Å². The number of nitrogens with zero attached hydrogens (tertiary/aromatic N) is 3. The molecule has 0 unspecified atom stereocenters. The predicted molar refractivity (Wildman–Crippen MR) is 85.0 cm³/mol. The first kappa shape index (κ1) is 17.1. The van der Waals surface area contributed by atoms with Crippen LogP contribution >= 0.6 is 0 Å². The highest BCUT2D eigenvalue weighted by Gasteiger charge is 2.09. The molecule has 0 amide bonds. The fraction of sp³-hybridized carbons (Fsp3) is 0.750. The largest absolute Gasteiger partial charge is 0.313 e. The van der Waals surface area contributed by atoms with Crippen LogP contribution in [0, 0.1) is 13.8 Å². The monoisotopic (exact) mass is 278 g/mol. The van der Waals surface area contributed by atoms with Crippen LogP contribution in [0.1, 0.15) is 50.0 Å². The summed E-state index contributed by atoms with van der Waals surface area (Å²) in [7, 11) is 0. The van der Waals surface area contributed by atoms with Gasteiger partial charge >= 0.3 is 0 Å². The van der Waals surface area contributed by atoms with E-state index in [2.05, 4.69) is 54.8 Å². The van der Waals surface area contributed by atoms with Gasteiger partial charge in [0.2, 0.25) is 0 Å². The van der Waals surface area contributed by atoms with Gasteiger partial charge in [0.1, 0.15) is 5.82 Å². The Bertz CT molecular complexity index is 376. The number of nitrogens with one attached hydrogen (secondary N) is 1. The molecular weight excluding hydrogens is 248 g/mol. The van der Waals surface area contributed by atoms with Crippen LogP contribution in [0.5, 0.6) is 0 Å². The molecule has 1 aromatic heterocycles. The molecule has 4 heteroatoms. The number of hydrogen-bond donors (Lipinski definition) is 1. The molecule has 1 heterocycles. The van der Waals surface area contributed by atoms with Crippen LogP contribution in [-0.2, 0) is 13.0 Å². The van der Waals surface area contributed by atoms with Crippen molar-refractivity contribution < 1.29 is 0 Å². The Hall–Kier alpha value is -1.00. The summed E-state index contributed by atoms with van der Waals surface area (Å²) in [6.07, 6.45) is 2.09. The van der Waals surface area contributed by atoms with Crippen LogP contribution in [0.2, 0.25) is 0 Å². The van der Waals surface area contributed by atoms with E-state index in [9.17, 15) is 0 Å². The second-order valence-electron chi connectivity index (χ2n) is 5.24. The van der Waals surface area contributed by atoms with Gasteiger partial charge in [-0.1, -0.05) is 20.8 Å². The quantitative estimate of drug-likeness (QED) is 0.705. The van der Waals surface area contributed by atoms with Crippen molar-refractivity contribution in [3.05, 3.63) is 22.8 Å². The minimum Gasteiger partial charge on any atom is -0.313 e. The molecule has 20 heavy (non-hydrogen) atoms. The van der Waals surface area contributed by atoms with Crippen LogP contribution in [0.25, 0.3) is 0 Å². The Kier molecular flexibility index (Phi) is 7.70. The van der Waals surface area contributed by atoms with Crippen LogP contribution in [0.3, 0.4) is 0 Å². The van der Waals surface area contributed by atoms with Crippen molar-refractivity contribution in [3.63, 3.8) is 0 Å². The molecule has 0 saturated carbocycles. The van der Waals surface area contributed by atoms with Crippen molar-refractivity contribution in [2.75, 3.05) is 26.2 Å². The number of aryl methyl sites for hydroxylation is 2. The van der Waals surface area contributed by atoms with E-state index >= 15 is 0 Å². The number of rotatable bonds is 9. The maximum Gasteiger partial charge on any atom is 0.130 e. The summed E-state index contributed by atoms with van der Waals surface area (Å²) in [5.74, 6) is 0.978. The molecule has 0 aliphatic heterocycles. The molecule has 0 atom stereocenters. The molecule has 1 N–H and O–H groups in total. The van der Waals surface area contributed by atoms with E-state index in [1.807, 2.05) is 0 Å². The van der Waals surface area contributed by atoms with Crippen molar-refractivity contribution in [3.8, 4) is 0 Å². The Balaban J connectivity index is 2.67. The zero-order chi connectivity index (χ0) is 15.0. The molecule has 1 aromatic rings. The van der Waals surface area contributed by atoms with Crippen molar-refractivity contribution in [1.82, 2.24) is 20.2 Å². The molecule has 0 aliphatic carbocycles. The molecule has 0 radical (unpaired) electrons. The topological polar surface area (TPSA) is 41.1 Å². The summed E-state index contributed by atoms with van der Waals surface area (Å²) in [5.41, 5.74) is 3.50. The second kappa shape index (κ2) is 9.03. The molecule has 0 aliphatic rings. The van der Waals surface area contributed by atoms with Crippen LogP contribution in [-0.4, -0.2) is 41.0 Å². The standard InChI is InChI=1S/C16H30N4/c1-6-10-17-12-15-13(4)18-16(19-14(15)5)9-11-20(7-2)8-3/h17H,6-12H2,1-5H3. The first-order chi connectivity index (χ1) is 9.62. The lowest BCUT2D eigenvalue weighted by Gasteiger charge is -2.18. The van der Waals surface area contributed by atoms with Crippen molar-refractivity contribution >= 4 is 0 Å². The van der Waals surface area contributed by atoms with Gasteiger partial charge in [-0.2, -0.15) is 0 Å². The maximum atomic E-state index is 4.68. The Labute approximate surface area is 124 Å². The summed E-state index contributed by atoms with van der Waals surface area (Å²) in [6.45, 7) is 15.9. The summed E-state index contributed by atoms with van der Waals surface area (Å²) >= 11 is 0. The van der Waals surface area contributed by atoms with Gasteiger partial charge in [-0.05, 0) is 39.9 Å². The lowest BCUT2D eigenvalue weighted by Crippen LogP contribution is -2.26. The highest BCUT2D eigenvalue weighted by atomic mass is 15.1. The van der Waals surface area contributed by atoms with Gasteiger partial charge < -0.3 is 10.2 Å². The Morgan fingerprint density at radius 2 is 1.60 bits per heavy atom. The SMILES string of the molecule is CCCNCc1c(C)nc(CCN(CC)CC)nc1C. The average Bonchev–Trinajstić information content (AvgIpc) is 2.43. The summed E-state index contributed by atoms with van der Waals surface area (Å²) in [6, 6.07) is 0. The van der Waals surface area contributed by atoms with Gasteiger partial charge in [-0.25, -0.2) is 9.97 Å². The fourth-order valence-corrected chi connectivity index (χ4v) is 2.36. The van der Waals surface area contributed by atoms with Crippen molar-refractivity contribution in [2.45, 2.75) is 54.0 Å². The Morgan fingerprint density at radius 1 is 1.00 bits per heavy atom. The fourth-order valence-electron chi connectivity index (χ4n) is 2.36. The van der Waals surface area contributed by atoms with Gasteiger partial charge in [-0.3, -0.25) is 0 Å². The summed E-state index contributed by atoms with van der Waals surface area (Å²) in [4.78, 5) is 11.8. The van der Waals surface area contributed by atoms with E-state index in [1.54, 1.807) is 0 Å². The predicted octanol–water partition coefficient (Wildman–Crippen LogP) is 2.48. The molecule has 1 rings (SSSR count). The van der Waals surface area contributed by atoms with Gasteiger partial charge in [0, 0.05) is 36.5 Å². The van der Waals surface area contributed by atoms with Crippen molar-refractivity contribution in [1.29, 1.82) is 0 Å². The van der Waals surface area contributed by atoms with Crippen LogP contribution < -0.4 is 5.32 Å². The molecule has 4 nitrogen and oxygen atoms in total. The van der Waals surface area contributed by atoms with E-state index in [0.29, 0.717) is 0 Å². The van der Waals surface area contributed by atoms with E-state index in [4.69, 9.17) is 0 Å². The minimum absolute atomic E-state index is 0.877. The zero-order valence-electron chi connectivity index (χ0n) is 13.8. The third kappa shape index (κ3) is 5.17. The first-order valence-electron chi connectivity index (χ1n) is 7.88. The number of aromatic nitrogens is 2. The summed E-state index contributed by atoms with van der Waals surface area (Å²) < 4.78 is 0. The van der Waals surface area contributed by atoms with Crippen molar-refractivity contribution in [2.24, 2.45) is 0 Å². The molecule has 114 valence electrons. The average molecular weight is 278 g/mol. The lowest BCUT2D eigenvalue weighted by atomic mass is 10.1. The zero-order valence-corrected chi connectivity index (χ0v) is 13.8. The number of likely N-dealkylation sites (N-methyl/N-ethyl adjacent to an activating group) is 1. The van der Waals surface area contributed by atoms with Crippen LogP contribution in [0.4, 0.5) is 0 Å². The highest BCUT2D eigenvalue weighted by molar-refractivity contribution is 5.24. The summed E-state index contributed by atoms with van der Waals surface area (Å²) in [5, 5.41) is 3.43. The molecule has 0 spiro atoms. The maximum absolute atomic E-state index is 4.68. The minimum atomic E-state index is 0.877. The normalized spacial score (nSPS) is 11.3. The van der Waals surface area contributed by atoms with Gasteiger partial charge in [0.05, 0.1) is 0 Å². The molecule has 0 saturated heterocycles. The third-order valence-corrected chi connectivity index (χ3v) is 3.74. The van der Waals surface area contributed by atoms with E-state index in [-0.39, 0.29) is 0 Å². The van der Waals surface area contributed by atoms with E-state index < -0.39 is 0 Å².